The predicted molar refractivity (Wildman–Crippen MR) is 111 cm³/mol. The van der Waals surface area contributed by atoms with Gasteiger partial charge in [-0.15, -0.1) is 11.3 Å². The number of carbonyl (C=O) groups is 4. The predicted octanol–water partition coefficient (Wildman–Crippen LogP) is 2.59. The number of anilines is 2. The second-order valence-electron chi connectivity index (χ2n) is 7.42. The van der Waals surface area contributed by atoms with Crippen molar-refractivity contribution in [2.75, 3.05) is 10.2 Å². The first-order valence-corrected chi connectivity index (χ1v) is 10.4. The van der Waals surface area contributed by atoms with Crippen LogP contribution in [0, 0.1) is 6.92 Å². The molecule has 1 aliphatic carbocycles. The van der Waals surface area contributed by atoms with Crippen LogP contribution in [0.15, 0.2) is 18.2 Å². The molecule has 1 unspecified atom stereocenters. The Balaban J connectivity index is 1.66. The molecule has 1 aliphatic heterocycles. The molecule has 4 rings (SSSR count). The van der Waals surface area contributed by atoms with Crippen LogP contribution in [0.1, 0.15) is 56.5 Å². The summed E-state index contributed by atoms with van der Waals surface area (Å²) in [5.41, 5.74) is 8.39. The largest absolute Gasteiger partial charge is 0.365 e. The molecular weight excluding hydrogens is 390 g/mol. The number of ketones is 1. The normalized spacial score (nSPS) is 16.4. The van der Waals surface area contributed by atoms with Crippen LogP contribution in [0.2, 0.25) is 0 Å². The maximum atomic E-state index is 13.0. The van der Waals surface area contributed by atoms with Crippen LogP contribution in [0.25, 0.3) is 0 Å². The first-order chi connectivity index (χ1) is 13.8. The van der Waals surface area contributed by atoms with Gasteiger partial charge in [-0.1, -0.05) is 12.1 Å². The molecule has 0 bridgehead atoms. The van der Waals surface area contributed by atoms with E-state index in [2.05, 4.69) is 5.32 Å². The van der Waals surface area contributed by atoms with Gasteiger partial charge in [-0.3, -0.25) is 24.1 Å². The number of benzene rings is 1. The second kappa shape index (κ2) is 7.11. The highest BCUT2D eigenvalue weighted by Gasteiger charge is 2.41. The average Bonchev–Trinajstić information content (AvgIpc) is 3.17. The van der Waals surface area contributed by atoms with Gasteiger partial charge in [0.25, 0.3) is 17.6 Å². The summed E-state index contributed by atoms with van der Waals surface area (Å²) in [4.78, 5) is 52.3. The molecular formula is C21H21N3O4S. The van der Waals surface area contributed by atoms with E-state index < -0.39 is 29.5 Å². The molecule has 150 valence electrons. The number of primary amides is 1. The number of para-hydroxylation sites is 1. The number of thiophene rings is 1. The van der Waals surface area contributed by atoms with Gasteiger partial charge in [0.15, 0.2) is 0 Å². The Kier molecular flexibility index (Phi) is 4.74. The summed E-state index contributed by atoms with van der Waals surface area (Å²) in [7, 11) is 0. The number of hydrogen-bond acceptors (Lipinski definition) is 5. The number of aryl methyl sites for hydroxylation is 2. The van der Waals surface area contributed by atoms with Gasteiger partial charge in [0.2, 0.25) is 5.91 Å². The molecule has 1 atom stereocenters. The lowest BCUT2D eigenvalue weighted by Gasteiger charge is -2.25. The van der Waals surface area contributed by atoms with Gasteiger partial charge >= 0.3 is 0 Å². The van der Waals surface area contributed by atoms with Gasteiger partial charge in [-0.05, 0) is 56.7 Å². The SMILES string of the molecule is Cc1cccc2c1N(C(C)C(=O)Nc1sc3c(c1C(N)=O)CCCC3)C(=O)C2=O. The van der Waals surface area contributed by atoms with E-state index in [0.717, 1.165) is 41.7 Å². The van der Waals surface area contributed by atoms with Crippen LogP contribution < -0.4 is 16.0 Å². The Labute approximate surface area is 171 Å². The number of amides is 3. The maximum absolute atomic E-state index is 13.0. The molecule has 1 aromatic heterocycles. The van der Waals surface area contributed by atoms with Crippen molar-refractivity contribution in [3.05, 3.63) is 45.3 Å². The summed E-state index contributed by atoms with van der Waals surface area (Å²) in [5, 5.41) is 3.21. The van der Waals surface area contributed by atoms with E-state index in [1.54, 1.807) is 32.0 Å². The molecule has 3 N–H and O–H groups in total. The van der Waals surface area contributed by atoms with Crippen molar-refractivity contribution in [2.24, 2.45) is 5.73 Å². The molecule has 2 aliphatic rings. The highest BCUT2D eigenvalue weighted by atomic mass is 32.1. The van der Waals surface area contributed by atoms with Crippen molar-refractivity contribution in [1.29, 1.82) is 0 Å². The molecule has 2 aromatic rings. The van der Waals surface area contributed by atoms with E-state index in [9.17, 15) is 19.2 Å². The van der Waals surface area contributed by atoms with Crippen LogP contribution in [0.5, 0.6) is 0 Å². The molecule has 0 saturated carbocycles. The third-order valence-corrected chi connectivity index (χ3v) is 6.76. The van der Waals surface area contributed by atoms with Gasteiger partial charge in [0.05, 0.1) is 16.8 Å². The van der Waals surface area contributed by atoms with Crippen molar-refractivity contribution < 1.29 is 19.2 Å². The number of nitrogens with zero attached hydrogens (tertiary/aromatic N) is 1. The number of fused-ring (bicyclic) bond motifs is 2. The minimum absolute atomic E-state index is 0.305. The molecule has 0 fully saturated rings. The Bertz CT molecular complexity index is 1070. The third-order valence-electron chi connectivity index (χ3n) is 5.56. The molecule has 3 amide bonds. The van der Waals surface area contributed by atoms with E-state index in [1.165, 1.54) is 16.2 Å². The fourth-order valence-corrected chi connectivity index (χ4v) is 5.40. The van der Waals surface area contributed by atoms with Crippen LogP contribution >= 0.6 is 11.3 Å². The second-order valence-corrected chi connectivity index (χ2v) is 8.53. The van der Waals surface area contributed by atoms with Gasteiger partial charge in [0.1, 0.15) is 11.0 Å². The maximum Gasteiger partial charge on any atom is 0.300 e. The summed E-state index contributed by atoms with van der Waals surface area (Å²) >= 11 is 1.37. The van der Waals surface area contributed by atoms with Crippen molar-refractivity contribution in [2.45, 2.75) is 45.6 Å². The first kappa shape index (κ1) is 19.3. The molecule has 0 saturated heterocycles. The smallest absolute Gasteiger partial charge is 0.300 e. The van der Waals surface area contributed by atoms with Gasteiger partial charge in [0, 0.05) is 4.88 Å². The van der Waals surface area contributed by atoms with Crippen molar-refractivity contribution in [1.82, 2.24) is 0 Å². The first-order valence-electron chi connectivity index (χ1n) is 9.54. The van der Waals surface area contributed by atoms with E-state index in [1.807, 2.05) is 0 Å². The molecule has 7 nitrogen and oxygen atoms in total. The zero-order valence-corrected chi connectivity index (χ0v) is 17.0. The fraction of sp³-hybridized carbons (Fsp3) is 0.333. The Morgan fingerprint density at radius 3 is 2.66 bits per heavy atom. The highest BCUT2D eigenvalue weighted by molar-refractivity contribution is 7.17. The van der Waals surface area contributed by atoms with Gasteiger partial charge in [-0.2, -0.15) is 0 Å². The van der Waals surface area contributed by atoms with Crippen molar-refractivity contribution in [3.63, 3.8) is 0 Å². The minimum atomic E-state index is -0.923. The summed E-state index contributed by atoms with van der Waals surface area (Å²) in [5.74, 6) is -2.38. The Morgan fingerprint density at radius 2 is 1.93 bits per heavy atom. The molecule has 0 spiro atoms. The average molecular weight is 411 g/mol. The molecule has 29 heavy (non-hydrogen) atoms. The Hall–Kier alpha value is -3.00. The lowest BCUT2D eigenvalue weighted by Crippen LogP contribution is -2.45. The quantitative estimate of drug-likeness (QED) is 0.754. The van der Waals surface area contributed by atoms with Crippen molar-refractivity contribution in [3.8, 4) is 0 Å². The van der Waals surface area contributed by atoms with Gasteiger partial charge < -0.3 is 11.1 Å². The topological polar surface area (TPSA) is 110 Å². The summed E-state index contributed by atoms with van der Waals surface area (Å²) in [6, 6.07) is 4.17. The van der Waals surface area contributed by atoms with Crippen LogP contribution in [-0.2, 0) is 22.4 Å². The zero-order valence-electron chi connectivity index (χ0n) is 16.2. The van der Waals surface area contributed by atoms with E-state index >= 15 is 0 Å². The number of nitrogens with one attached hydrogen (secondary N) is 1. The molecule has 8 heteroatoms. The van der Waals surface area contributed by atoms with E-state index in [4.69, 9.17) is 5.73 Å². The van der Waals surface area contributed by atoms with Crippen LogP contribution in [0.3, 0.4) is 0 Å². The fourth-order valence-electron chi connectivity index (χ4n) is 4.11. The summed E-state index contributed by atoms with van der Waals surface area (Å²) in [6.45, 7) is 3.36. The molecule has 2 heterocycles. The molecule has 0 radical (unpaired) electrons. The monoisotopic (exact) mass is 411 g/mol. The number of carbonyl (C=O) groups excluding carboxylic acids is 4. The zero-order chi connectivity index (χ0) is 20.9. The summed E-state index contributed by atoms with van der Waals surface area (Å²) < 4.78 is 0. The number of Topliss-reactive ketones (excluding diaryl/α,β-unsaturated/α-hetero) is 1. The number of hydrogen-bond donors (Lipinski definition) is 2. The number of nitrogens with two attached hydrogens (primary N) is 1. The van der Waals surface area contributed by atoms with E-state index in [0.29, 0.717) is 21.8 Å². The standard InChI is InChI=1S/C21H21N3O4S/c1-10-6-5-8-13-16(10)24(21(28)17(13)25)11(2)19(27)23-20-15(18(22)26)12-7-3-4-9-14(12)29-20/h5-6,8,11H,3-4,7,9H2,1-2H3,(H2,22,26)(H,23,27). The lowest BCUT2D eigenvalue weighted by atomic mass is 9.95. The summed E-state index contributed by atoms with van der Waals surface area (Å²) in [6.07, 6.45) is 3.64. The van der Waals surface area contributed by atoms with Crippen LogP contribution in [0.4, 0.5) is 10.7 Å². The number of rotatable bonds is 4. The Morgan fingerprint density at radius 1 is 1.21 bits per heavy atom. The minimum Gasteiger partial charge on any atom is -0.365 e. The lowest BCUT2D eigenvalue weighted by molar-refractivity contribution is -0.120. The molecule has 1 aromatic carbocycles. The van der Waals surface area contributed by atoms with Gasteiger partial charge in [-0.25, -0.2) is 0 Å². The highest BCUT2D eigenvalue weighted by Crippen LogP contribution is 2.39. The third kappa shape index (κ3) is 3.04. The van der Waals surface area contributed by atoms with Crippen LogP contribution in [-0.4, -0.2) is 29.5 Å². The van der Waals surface area contributed by atoms with Crippen molar-refractivity contribution >= 4 is 45.5 Å². The van der Waals surface area contributed by atoms with E-state index in [-0.39, 0.29) is 0 Å².